The molecule has 0 saturated carbocycles. The number of aryl methyl sites for hydroxylation is 1. The number of fused-ring (bicyclic) bond motifs is 1. The summed E-state index contributed by atoms with van der Waals surface area (Å²) in [7, 11) is -3.07. The first kappa shape index (κ1) is 14.9. The number of carbonyl (C=O) groups is 1. The maximum atomic E-state index is 13.4. The number of hydrogen-bond donors (Lipinski definition) is 1. The lowest BCUT2D eigenvalue weighted by molar-refractivity contribution is 0.0942. The van der Waals surface area contributed by atoms with Crippen LogP contribution in [0.2, 0.25) is 0 Å². The summed E-state index contributed by atoms with van der Waals surface area (Å²) in [5.74, 6) is -0.809. The van der Waals surface area contributed by atoms with E-state index in [0.717, 1.165) is 0 Å². The highest BCUT2D eigenvalue weighted by molar-refractivity contribution is 7.91. The Morgan fingerprint density at radius 3 is 2.82 bits per heavy atom. The monoisotopic (exact) mass is 322 g/mol. The van der Waals surface area contributed by atoms with Gasteiger partial charge < -0.3 is 5.32 Å². The number of aromatic nitrogens is 1. The van der Waals surface area contributed by atoms with Gasteiger partial charge in [0.15, 0.2) is 9.84 Å². The molecule has 116 valence electrons. The van der Waals surface area contributed by atoms with E-state index in [1.165, 1.54) is 18.2 Å². The number of nitrogens with zero attached hydrogens (tertiary/aromatic N) is 1. The van der Waals surface area contributed by atoms with Crippen LogP contribution in [0.4, 0.5) is 4.39 Å². The minimum absolute atomic E-state index is 0.0465. The van der Waals surface area contributed by atoms with Gasteiger partial charge in [-0.2, -0.15) is 0 Å². The molecule has 1 atom stereocenters. The molecule has 1 aliphatic heterocycles. The second-order valence-electron chi connectivity index (χ2n) is 5.55. The summed E-state index contributed by atoms with van der Waals surface area (Å²) >= 11 is 0. The highest BCUT2D eigenvalue weighted by Crippen LogP contribution is 2.20. The molecule has 1 aromatic heterocycles. The zero-order chi connectivity index (χ0) is 15.9. The zero-order valence-corrected chi connectivity index (χ0v) is 12.8. The van der Waals surface area contributed by atoms with Gasteiger partial charge in [-0.05, 0) is 37.6 Å². The van der Waals surface area contributed by atoms with Gasteiger partial charge in [-0.3, -0.25) is 9.78 Å². The van der Waals surface area contributed by atoms with Gasteiger partial charge >= 0.3 is 0 Å². The molecule has 1 amide bonds. The predicted molar refractivity (Wildman–Crippen MR) is 81.0 cm³/mol. The number of pyridine rings is 1. The topological polar surface area (TPSA) is 76.1 Å². The van der Waals surface area contributed by atoms with Crippen LogP contribution in [0, 0.1) is 12.7 Å². The van der Waals surface area contributed by atoms with Crippen LogP contribution >= 0.6 is 0 Å². The third kappa shape index (κ3) is 2.94. The number of rotatable bonds is 2. The number of amides is 1. The summed E-state index contributed by atoms with van der Waals surface area (Å²) in [5, 5.41) is 3.14. The Morgan fingerprint density at radius 1 is 1.36 bits per heavy atom. The molecule has 7 heteroatoms. The lowest BCUT2D eigenvalue weighted by Gasteiger charge is -2.13. The van der Waals surface area contributed by atoms with E-state index in [1.54, 1.807) is 13.0 Å². The van der Waals surface area contributed by atoms with E-state index in [4.69, 9.17) is 0 Å². The Hall–Kier alpha value is -2.02. The summed E-state index contributed by atoms with van der Waals surface area (Å²) in [6, 6.07) is 5.27. The summed E-state index contributed by atoms with van der Waals surface area (Å²) < 4.78 is 36.4. The normalized spacial score (nSPS) is 20.2. The van der Waals surface area contributed by atoms with Gasteiger partial charge in [0.05, 0.1) is 22.6 Å². The largest absolute Gasteiger partial charge is 0.348 e. The second kappa shape index (κ2) is 5.31. The Balaban J connectivity index is 1.95. The van der Waals surface area contributed by atoms with Gasteiger partial charge in [0, 0.05) is 17.1 Å². The molecule has 0 radical (unpaired) electrons. The van der Waals surface area contributed by atoms with Crippen molar-refractivity contribution in [1.82, 2.24) is 10.3 Å². The molecule has 2 heterocycles. The molecule has 1 fully saturated rings. The van der Waals surface area contributed by atoms with Crippen molar-refractivity contribution in [2.24, 2.45) is 0 Å². The Labute approximate surface area is 127 Å². The van der Waals surface area contributed by atoms with Crippen molar-refractivity contribution in [2.75, 3.05) is 11.5 Å². The number of halogens is 1. The Morgan fingerprint density at radius 2 is 2.14 bits per heavy atom. The maximum Gasteiger partial charge on any atom is 0.252 e. The molecule has 0 spiro atoms. The summed E-state index contributed by atoms with van der Waals surface area (Å²) in [5.41, 5.74) is 1.49. The molecule has 1 N–H and O–H groups in total. The van der Waals surface area contributed by atoms with Crippen LogP contribution in [-0.4, -0.2) is 36.9 Å². The van der Waals surface area contributed by atoms with E-state index < -0.39 is 27.6 Å². The molecule has 22 heavy (non-hydrogen) atoms. The van der Waals surface area contributed by atoms with Crippen LogP contribution in [0.25, 0.3) is 10.9 Å². The van der Waals surface area contributed by atoms with Crippen molar-refractivity contribution in [2.45, 2.75) is 19.4 Å². The lowest BCUT2D eigenvalue weighted by Crippen LogP contribution is -2.35. The predicted octanol–water partition coefficient (Wildman–Crippen LogP) is 1.60. The van der Waals surface area contributed by atoms with Crippen molar-refractivity contribution in [1.29, 1.82) is 0 Å². The smallest absolute Gasteiger partial charge is 0.252 e. The molecule has 1 unspecified atom stereocenters. The fraction of sp³-hybridized carbons (Fsp3) is 0.333. The summed E-state index contributed by atoms with van der Waals surface area (Å²) in [6.07, 6.45) is 0.407. The molecular formula is C15H15FN2O3S. The second-order valence-corrected chi connectivity index (χ2v) is 7.77. The molecule has 1 saturated heterocycles. The quantitative estimate of drug-likeness (QED) is 0.911. The van der Waals surface area contributed by atoms with Crippen LogP contribution in [0.15, 0.2) is 24.3 Å². The Bertz CT molecular complexity index is 864. The molecule has 1 aliphatic rings. The third-order valence-electron chi connectivity index (χ3n) is 3.71. The molecule has 1 aromatic carbocycles. The van der Waals surface area contributed by atoms with Gasteiger partial charge in [0.25, 0.3) is 5.91 Å². The standard InChI is InChI=1S/C15H15FN2O3S/c1-9-6-13(12-7-10(16)2-3-14(12)17-9)15(19)18-11-4-5-22(20,21)8-11/h2-3,6-7,11H,4-5,8H2,1H3,(H,18,19). The average Bonchev–Trinajstić information content (AvgIpc) is 2.77. The van der Waals surface area contributed by atoms with Gasteiger partial charge in [-0.15, -0.1) is 0 Å². The first-order valence-corrected chi connectivity index (χ1v) is 8.74. The van der Waals surface area contributed by atoms with Crippen molar-refractivity contribution in [3.63, 3.8) is 0 Å². The molecule has 0 bridgehead atoms. The molecular weight excluding hydrogens is 307 g/mol. The number of nitrogens with one attached hydrogen (secondary N) is 1. The van der Waals surface area contributed by atoms with E-state index in [1.807, 2.05) is 0 Å². The van der Waals surface area contributed by atoms with Crippen LogP contribution < -0.4 is 5.32 Å². The van der Waals surface area contributed by atoms with Crippen LogP contribution in [-0.2, 0) is 9.84 Å². The fourth-order valence-electron chi connectivity index (χ4n) is 2.69. The number of carbonyl (C=O) groups excluding carboxylic acids is 1. The van der Waals surface area contributed by atoms with E-state index in [-0.39, 0.29) is 11.5 Å². The number of sulfone groups is 1. The molecule has 5 nitrogen and oxygen atoms in total. The summed E-state index contributed by atoms with van der Waals surface area (Å²) in [4.78, 5) is 16.7. The first-order chi connectivity index (χ1) is 10.3. The maximum absolute atomic E-state index is 13.4. The van der Waals surface area contributed by atoms with Crippen LogP contribution in [0.3, 0.4) is 0 Å². The van der Waals surface area contributed by atoms with Crippen molar-refractivity contribution >= 4 is 26.6 Å². The minimum Gasteiger partial charge on any atom is -0.348 e. The van der Waals surface area contributed by atoms with Crippen molar-refractivity contribution in [3.05, 3.63) is 41.3 Å². The van der Waals surface area contributed by atoms with E-state index in [2.05, 4.69) is 10.3 Å². The molecule has 0 aliphatic carbocycles. The lowest BCUT2D eigenvalue weighted by atomic mass is 10.1. The number of hydrogen-bond acceptors (Lipinski definition) is 4. The van der Waals surface area contributed by atoms with E-state index in [0.29, 0.717) is 28.6 Å². The van der Waals surface area contributed by atoms with Crippen LogP contribution in [0.5, 0.6) is 0 Å². The van der Waals surface area contributed by atoms with Gasteiger partial charge in [-0.1, -0.05) is 0 Å². The van der Waals surface area contributed by atoms with Gasteiger partial charge in [-0.25, -0.2) is 12.8 Å². The van der Waals surface area contributed by atoms with Gasteiger partial charge in [0.2, 0.25) is 0 Å². The van der Waals surface area contributed by atoms with E-state index in [9.17, 15) is 17.6 Å². The van der Waals surface area contributed by atoms with Crippen molar-refractivity contribution in [3.8, 4) is 0 Å². The number of benzene rings is 1. The third-order valence-corrected chi connectivity index (χ3v) is 5.48. The first-order valence-electron chi connectivity index (χ1n) is 6.92. The SMILES string of the molecule is Cc1cc(C(=O)NC2CCS(=O)(=O)C2)c2cc(F)ccc2n1. The summed E-state index contributed by atoms with van der Waals surface area (Å²) in [6.45, 7) is 1.75. The van der Waals surface area contributed by atoms with Gasteiger partial charge in [0.1, 0.15) is 5.82 Å². The highest BCUT2D eigenvalue weighted by Gasteiger charge is 2.29. The average molecular weight is 322 g/mol. The Kier molecular flexibility index (Phi) is 3.60. The van der Waals surface area contributed by atoms with Crippen molar-refractivity contribution < 1.29 is 17.6 Å². The fourth-order valence-corrected chi connectivity index (χ4v) is 4.36. The minimum atomic E-state index is -3.07. The molecule has 2 aromatic rings. The van der Waals surface area contributed by atoms with E-state index >= 15 is 0 Å². The zero-order valence-electron chi connectivity index (χ0n) is 12.0. The highest BCUT2D eigenvalue weighted by atomic mass is 32.2. The molecule has 3 rings (SSSR count). The van der Waals surface area contributed by atoms with Crippen LogP contribution in [0.1, 0.15) is 22.5 Å².